The molecule has 2 unspecified atom stereocenters. The Bertz CT molecular complexity index is 1010. The molecule has 31 heavy (non-hydrogen) atoms. The van der Waals surface area contributed by atoms with Crippen LogP contribution in [-0.2, 0) is 14.3 Å². The molecule has 2 aromatic carbocycles. The summed E-state index contributed by atoms with van der Waals surface area (Å²) in [5, 5.41) is 20.8. The van der Waals surface area contributed by atoms with Crippen molar-refractivity contribution in [1.82, 2.24) is 4.90 Å². The van der Waals surface area contributed by atoms with Crippen molar-refractivity contribution in [2.45, 2.75) is 31.9 Å². The van der Waals surface area contributed by atoms with E-state index < -0.39 is 17.7 Å². The van der Waals surface area contributed by atoms with Gasteiger partial charge in [-0.15, -0.1) is 0 Å². The summed E-state index contributed by atoms with van der Waals surface area (Å²) in [6.07, 6.45) is 1.56. The molecule has 2 atom stereocenters. The average Bonchev–Trinajstić information content (AvgIpc) is 3.37. The van der Waals surface area contributed by atoms with Crippen LogP contribution in [0, 0.1) is 0 Å². The Morgan fingerprint density at radius 1 is 1.19 bits per heavy atom. The van der Waals surface area contributed by atoms with Gasteiger partial charge in [0.15, 0.2) is 0 Å². The summed E-state index contributed by atoms with van der Waals surface area (Å²) in [6.45, 7) is 3.20. The number of phenols is 1. The van der Waals surface area contributed by atoms with E-state index in [4.69, 9.17) is 9.47 Å². The molecule has 0 aromatic heterocycles. The summed E-state index contributed by atoms with van der Waals surface area (Å²) in [5.41, 5.74) is 1.03. The fraction of sp³-hybridized carbons (Fsp3) is 0.333. The highest BCUT2D eigenvalue weighted by atomic mass is 16.5. The molecule has 1 amide bonds. The maximum absolute atomic E-state index is 13.0. The number of likely N-dealkylation sites (tertiary alicyclic amines) is 1. The molecule has 7 nitrogen and oxygen atoms in total. The van der Waals surface area contributed by atoms with E-state index in [1.165, 1.54) is 17.0 Å². The van der Waals surface area contributed by atoms with Crippen molar-refractivity contribution in [3.05, 3.63) is 65.2 Å². The number of carbonyl (C=O) groups excluding carboxylic acids is 2. The molecule has 2 heterocycles. The molecule has 0 aliphatic carbocycles. The minimum Gasteiger partial charge on any atom is -0.508 e. The van der Waals surface area contributed by atoms with Gasteiger partial charge in [0.1, 0.15) is 17.3 Å². The van der Waals surface area contributed by atoms with Gasteiger partial charge in [0.2, 0.25) is 0 Å². The van der Waals surface area contributed by atoms with Gasteiger partial charge in [-0.2, -0.15) is 0 Å². The standard InChI is InChI=1S/C24H25NO6/c1-2-30-18-6-3-5-16(13-18)22(27)20-21(15-8-10-17(26)11-9-15)25(24(29)23(20)28)14-19-7-4-12-31-19/h3,5-6,8-11,13,19,21,26-27H,2,4,7,12,14H2,1H3/b22-20-. The first-order valence-electron chi connectivity index (χ1n) is 10.4. The Morgan fingerprint density at radius 3 is 2.65 bits per heavy atom. The zero-order valence-electron chi connectivity index (χ0n) is 17.3. The number of Topliss-reactive ketones (excluding diaryl/α,β-unsaturated/α-hetero) is 1. The van der Waals surface area contributed by atoms with Crippen LogP contribution in [0.25, 0.3) is 5.76 Å². The zero-order valence-corrected chi connectivity index (χ0v) is 17.3. The summed E-state index contributed by atoms with van der Waals surface area (Å²) < 4.78 is 11.2. The molecular weight excluding hydrogens is 398 g/mol. The van der Waals surface area contributed by atoms with Gasteiger partial charge in [-0.25, -0.2) is 0 Å². The number of rotatable bonds is 6. The predicted molar refractivity (Wildman–Crippen MR) is 114 cm³/mol. The first kappa shape index (κ1) is 20.9. The molecule has 2 aromatic rings. The Balaban J connectivity index is 1.80. The third-order valence-corrected chi connectivity index (χ3v) is 5.59. The van der Waals surface area contributed by atoms with Crippen molar-refractivity contribution in [2.24, 2.45) is 0 Å². The number of carbonyl (C=O) groups is 2. The Hall–Kier alpha value is -3.32. The van der Waals surface area contributed by atoms with Crippen LogP contribution in [-0.4, -0.2) is 52.7 Å². The lowest BCUT2D eigenvalue weighted by molar-refractivity contribution is -0.140. The van der Waals surface area contributed by atoms with Gasteiger partial charge < -0.3 is 24.6 Å². The van der Waals surface area contributed by atoms with Crippen molar-refractivity contribution in [2.75, 3.05) is 19.8 Å². The molecule has 0 bridgehead atoms. The van der Waals surface area contributed by atoms with Crippen LogP contribution in [0.2, 0.25) is 0 Å². The summed E-state index contributed by atoms with van der Waals surface area (Å²) in [7, 11) is 0. The Labute approximate surface area is 180 Å². The molecule has 7 heteroatoms. The van der Waals surface area contributed by atoms with Crippen LogP contribution in [0.1, 0.15) is 36.9 Å². The van der Waals surface area contributed by atoms with Crippen LogP contribution in [0.5, 0.6) is 11.5 Å². The first-order chi connectivity index (χ1) is 15.0. The van der Waals surface area contributed by atoms with E-state index in [9.17, 15) is 19.8 Å². The van der Waals surface area contributed by atoms with Crippen LogP contribution >= 0.6 is 0 Å². The third kappa shape index (κ3) is 4.14. The van der Waals surface area contributed by atoms with Gasteiger partial charge in [-0.05, 0) is 49.6 Å². The van der Waals surface area contributed by atoms with Crippen molar-refractivity contribution >= 4 is 17.4 Å². The van der Waals surface area contributed by atoms with Gasteiger partial charge in [-0.1, -0.05) is 24.3 Å². The molecule has 2 fully saturated rings. The van der Waals surface area contributed by atoms with Gasteiger partial charge in [-0.3, -0.25) is 9.59 Å². The molecule has 0 spiro atoms. The molecule has 162 valence electrons. The van der Waals surface area contributed by atoms with E-state index in [0.29, 0.717) is 30.1 Å². The fourth-order valence-electron chi connectivity index (χ4n) is 4.13. The average molecular weight is 423 g/mol. The number of aromatic hydroxyl groups is 1. The molecule has 2 N–H and O–H groups in total. The lowest BCUT2D eigenvalue weighted by Crippen LogP contribution is -2.36. The van der Waals surface area contributed by atoms with Crippen LogP contribution in [0.4, 0.5) is 0 Å². The maximum atomic E-state index is 13.0. The third-order valence-electron chi connectivity index (χ3n) is 5.59. The number of ether oxygens (including phenoxy) is 2. The van der Waals surface area contributed by atoms with Gasteiger partial charge >= 0.3 is 0 Å². The van der Waals surface area contributed by atoms with E-state index in [0.717, 1.165) is 12.8 Å². The number of aliphatic hydroxyl groups excluding tert-OH is 1. The monoisotopic (exact) mass is 423 g/mol. The zero-order chi connectivity index (χ0) is 22.0. The van der Waals surface area contributed by atoms with E-state index >= 15 is 0 Å². The minimum absolute atomic E-state index is 0.0161. The number of hydrogen-bond acceptors (Lipinski definition) is 6. The lowest BCUT2D eigenvalue weighted by Gasteiger charge is -2.27. The quantitative estimate of drug-likeness (QED) is 0.420. The fourth-order valence-corrected chi connectivity index (χ4v) is 4.13. The second kappa shape index (κ2) is 8.81. The smallest absolute Gasteiger partial charge is 0.295 e. The number of phenolic OH excluding ortho intramolecular Hbond substituents is 1. The van der Waals surface area contributed by atoms with E-state index in [1.807, 2.05) is 6.92 Å². The molecule has 2 aliphatic rings. The summed E-state index contributed by atoms with van der Waals surface area (Å²) in [4.78, 5) is 27.5. The summed E-state index contributed by atoms with van der Waals surface area (Å²) in [5.74, 6) is -1.04. The van der Waals surface area contributed by atoms with E-state index in [1.54, 1.807) is 36.4 Å². The highest BCUT2D eigenvalue weighted by Gasteiger charge is 2.47. The highest BCUT2D eigenvalue weighted by Crippen LogP contribution is 2.40. The number of amides is 1. The topological polar surface area (TPSA) is 96.3 Å². The first-order valence-corrected chi connectivity index (χ1v) is 10.4. The number of benzene rings is 2. The molecule has 0 radical (unpaired) electrons. The van der Waals surface area contributed by atoms with Gasteiger partial charge in [0, 0.05) is 18.7 Å². The van der Waals surface area contributed by atoms with Crippen molar-refractivity contribution in [3.8, 4) is 11.5 Å². The summed E-state index contributed by atoms with van der Waals surface area (Å²) in [6, 6.07) is 12.3. The lowest BCUT2D eigenvalue weighted by atomic mass is 9.95. The highest BCUT2D eigenvalue weighted by molar-refractivity contribution is 6.46. The maximum Gasteiger partial charge on any atom is 0.295 e. The summed E-state index contributed by atoms with van der Waals surface area (Å²) >= 11 is 0. The number of hydrogen-bond donors (Lipinski definition) is 2. The second-order valence-corrected chi connectivity index (χ2v) is 7.64. The largest absolute Gasteiger partial charge is 0.508 e. The van der Waals surface area contributed by atoms with E-state index in [-0.39, 0.29) is 29.7 Å². The number of nitrogens with zero attached hydrogens (tertiary/aromatic N) is 1. The van der Waals surface area contributed by atoms with Crippen molar-refractivity contribution in [3.63, 3.8) is 0 Å². The van der Waals surface area contributed by atoms with E-state index in [2.05, 4.69) is 0 Å². The van der Waals surface area contributed by atoms with Crippen LogP contribution in [0.15, 0.2) is 54.1 Å². The Morgan fingerprint density at radius 2 is 1.97 bits per heavy atom. The Kier molecular flexibility index (Phi) is 5.95. The molecule has 4 rings (SSSR count). The van der Waals surface area contributed by atoms with Gasteiger partial charge in [0.05, 0.1) is 24.3 Å². The second-order valence-electron chi connectivity index (χ2n) is 7.64. The van der Waals surface area contributed by atoms with Crippen molar-refractivity contribution in [1.29, 1.82) is 0 Å². The van der Waals surface area contributed by atoms with Crippen LogP contribution in [0.3, 0.4) is 0 Å². The van der Waals surface area contributed by atoms with Crippen LogP contribution < -0.4 is 4.74 Å². The molecule has 2 saturated heterocycles. The number of aliphatic hydroxyl groups is 1. The predicted octanol–water partition coefficient (Wildman–Crippen LogP) is 3.39. The molecule has 2 aliphatic heterocycles. The van der Waals surface area contributed by atoms with Gasteiger partial charge in [0.25, 0.3) is 11.7 Å². The normalized spacial score (nSPS) is 22.8. The SMILES string of the molecule is CCOc1cccc(/C(O)=C2/C(=O)C(=O)N(CC3CCCO3)C2c2ccc(O)cc2)c1. The van der Waals surface area contributed by atoms with Crippen molar-refractivity contribution < 1.29 is 29.3 Å². The number of ketones is 1. The molecular formula is C24H25NO6. The minimum atomic E-state index is -0.777. The molecule has 0 saturated carbocycles.